The number of hydrogen-bond acceptors (Lipinski definition) is 1. The molecule has 4 nitrogen and oxygen atoms in total. The quantitative estimate of drug-likeness (QED) is 0.141. The standard InChI is InChI=1S/C80H52N4/c1-4-20-57(21-5-1)81-74-34-18-15-31-68(74)71-50-55(39-46-78(71)81)61-44-48-76(65-28-12-10-26-63(61)65)83(60-41-36-53(37-42-60)54-38-43-70-67-30-14-17-33-73(67)84(80(70)52-54)59-24-8-3-9-25-59)77-49-45-62(64-27-11-13-29-66(64)77)56-40-47-79-72(51-56)69-32-16-19-35-75(69)82(79)58-22-6-2-7-23-58/h1-52H. The van der Waals surface area contributed by atoms with Gasteiger partial charge in [0.2, 0.25) is 0 Å². The molecule has 3 aromatic heterocycles. The average molecular weight is 1070 g/mol. The number of fused-ring (bicyclic) bond motifs is 11. The van der Waals surface area contributed by atoms with E-state index in [1.165, 1.54) is 109 Å². The summed E-state index contributed by atoms with van der Waals surface area (Å²) in [7, 11) is 0. The Balaban J connectivity index is 0.841. The van der Waals surface area contributed by atoms with Crippen LogP contribution in [0.1, 0.15) is 0 Å². The minimum Gasteiger partial charge on any atom is -0.309 e. The van der Waals surface area contributed by atoms with Crippen molar-refractivity contribution in [3.05, 3.63) is 315 Å². The van der Waals surface area contributed by atoms with Gasteiger partial charge in [0, 0.05) is 65.8 Å². The molecule has 0 spiro atoms. The number of benzene rings is 14. The first-order valence-electron chi connectivity index (χ1n) is 28.9. The van der Waals surface area contributed by atoms with Crippen LogP contribution in [0.4, 0.5) is 17.1 Å². The van der Waals surface area contributed by atoms with Crippen molar-refractivity contribution in [1.82, 2.24) is 13.7 Å². The Morgan fingerprint density at radius 3 is 0.976 bits per heavy atom. The first-order chi connectivity index (χ1) is 41.7. The van der Waals surface area contributed by atoms with Crippen LogP contribution in [0.15, 0.2) is 315 Å². The Bertz CT molecular complexity index is 5180. The van der Waals surface area contributed by atoms with Gasteiger partial charge >= 0.3 is 0 Å². The average Bonchev–Trinajstić information content (AvgIpc) is 4.35. The maximum Gasteiger partial charge on any atom is 0.0547 e. The SMILES string of the molecule is c1ccc(-n2c3ccccc3c3cc(-c4ccc(N(c5ccc(-c6ccc7c8ccccc8n(-c8ccccc8)c7c6)cc5)c5ccc(-c6ccc7c(c6)c6ccccc6n7-c6ccccc6)c6ccccc56)c5ccccc45)ccc32)cc1. The van der Waals surface area contributed by atoms with Crippen LogP contribution in [0.25, 0.3) is 137 Å². The highest BCUT2D eigenvalue weighted by molar-refractivity contribution is 6.16. The van der Waals surface area contributed by atoms with Gasteiger partial charge in [-0.05, 0) is 153 Å². The largest absolute Gasteiger partial charge is 0.309 e. The van der Waals surface area contributed by atoms with Gasteiger partial charge in [-0.25, -0.2) is 0 Å². The molecule has 0 amide bonds. The summed E-state index contributed by atoms with van der Waals surface area (Å²) < 4.78 is 7.18. The summed E-state index contributed by atoms with van der Waals surface area (Å²) in [6, 6.07) is 116. The number of anilines is 3. The van der Waals surface area contributed by atoms with Crippen molar-refractivity contribution in [3.8, 4) is 50.4 Å². The van der Waals surface area contributed by atoms with E-state index in [0.29, 0.717) is 0 Å². The molecular formula is C80H52N4. The molecule has 0 fully saturated rings. The monoisotopic (exact) mass is 1070 g/mol. The van der Waals surface area contributed by atoms with Crippen molar-refractivity contribution < 1.29 is 0 Å². The fourth-order valence-corrected chi connectivity index (χ4v) is 13.7. The van der Waals surface area contributed by atoms with E-state index in [1.807, 2.05) is 0 Å². The van der Waals surface area contributed by atoms with Crippen LogP contribution in [0.3, 0.4) is 0 Å². The van der Waals surface area contributed by atoms with Crippen molar-refractivity contribution in [2.24, 2.45) is 0 Å². The zero-order valence-corrected chi connectivity index (χ0v) is 45.8. The van der Waals surface area contributed by atoms with E-state index in [0.717, 1.165) is 45.3 Å². The predicted octanol–water partition coefficient (Wildman–Crippen LogP) is 21.8. The molecular weight excluding hydrogens is 1020 g/mol. The van der Waals surface area contributed by atoms with E-state index >= 15 is 0 Å². The van der Waals surface area contributed by atoms with Crippen LogP contribution < -0.4 is 4.90 Å². The molecule has 0 aliphatic rings. The highest BCUT2D eigenvalue weighted by atomic mass is 15.1. The first-order valence-corrected chi connectivity index (χ1v) is 28.9. The predicted molar refractivity (Wildman–Crippen MR) is 355 cm³/mol. The van der Waals surface area contributed by atoms with Crippen LogP contribution in [-0.4, -0.2) is 13.7 Å². The second kappa shape index (κ2) is 19.2. The topological polar surface area (TPSA) is 18.0 Å². The van der Waals surface area contributed by atoms with E-state index in [1.54, 1.807) is 0 Å². The number of rotatable bonds is 9. The lowest BCUT2D eigenvalue weighted by molar-refractivity contribution is 1.18. The van der Waals surface area contributed by atoms with Gasteiger partial charge < -0.3 is 18.6 Å². The Labute approximate surface area is 485 Å². The van der Waals surface area contributed by atoms with E-state index in [2.05, 4.69) is 334 Å². The zero-order chi connectivity index (χ0) is 55.2. The molecule has 17 rings (SSSR count). The van der Waals surface area contributed by atoms with Crippen molar-refractivity contribution in [2.45, 2.75) is 0 Å². The van der Waals surface area contributed by atoms with Gasteiger partial charge in [0.1, 0.15) is 0 Å². The molecule has 0 aliphatic carbocycles. The third kappa shape index (κ3) is 7.48. The van der Waals surface area contributed by atoms with E-state index in [-0.39, 0.29) is 0 Å². The number of nitrogens with zero attached hydrogens (tertiary/aromatic N) is 4. The van der Waals surface area contributed by atoms with Gasteiger partial charge in [-0.2, -0.15) is 0 Å². The molecule has 392 valence electrons. The van der Waals surface area contributed by atoms with Crippen LogP contribution in [0.2, 0.25) is 0 Å². The molecule has 0 saturated heterocycles. The maximum absolute atomic E-state index is 2.49. The van der Waals surface area contributed by atoms with Crippen molar-refractivity contribution in [3.63, 3.8) is 0 Å². The fraction of sp³-hybridized carbons (Fsp3) is 0. The normalized spacial score (nSPS) is 11.8. The van der Waals surface area contributed by atoms with Gasteiger partial charge in [0.05, 0.1) is 44.5 Å². The summed E-state index contributed by atoms with van der Waals surface area (Å²) in [6.45, 7) is 0. The molecule has 0 atom stereocenters. The molecule has 4 heteroatoms. The summed E-state index contributed by atoms with van der Waals surface area (Å²) >= 11 is 0. The van der Waals surface area contributed by atoms with E-state index in [4.69, 9.17) is 0 Å². The minimum absolute atomic E-state index is 1.07. The summed E-state index contributed by atoms with van der Waals surface area (Å²) in [6.07, 6.45) is 0. The van der Waals surface area contributed by atoms with Crippen molar-refractivity contribution in [2.75, 3.05) is 4.90 Å². The van der Waals surface area contributed by atoms with Crippen molar-refractivity contribution in [1.29, 1.82) is 0 Å². The summed E-state index contributed by atoms with van der Waals surface area (Å²) in [5.74, 6) is 0. The van der Waals surface area contributed by atoms with Gasteiger partial charge in [0.25, 0.3) is 0 Å². The lowest BCUT2D eigenvalue weighted by atomic mass is 9.93. The van der Waals surface area contributed by atoms with Gasteiger partial charge in [-0.3, -0.25) is 0 Å². The molecule has 0 bridgehead atoms. The van der Waals surface area contributed by atoms with Crippen LogP contribution in [-0.2, 0) is 0 Å². The number of hydrogen-bond donors (Lipinski definition) is 0. The molecule has 17 aromatic rings. The third-order valence-corrected chi connectivity index (χ3v) is 17.4. The number of aromatic nitrogens is 3. The molecule has 0 aliphatic heterocycles. The molecule has 14 aromatic carbocycles. The van der Waals surface area contributed by atoms with Crippen LogP contribution >= 0.6 is 0 Å². The lowest BCUT2D eigenvalue weighted by Gasteiger charge is -2.29. The van der Waals surface area contributed by atoms with Gasteiger partial charge in [0.15, 0.2) is 0 Å². The Kier molecular flexibility index (Phi) is 10.9. The fourth-order valence-electron chi connectivity index (χ4n) is 13.7. The lowest BCUT2D eigenvalue weighted by Crippen LogP contribution is -2.11. The molecule has 0 radical (unpaired) electrons. The second-order valence-electron chi connectivity index (χ2n) is 22.0. The Hall–Kier alpha value is -11.2. The highest BCUT2D eigenvalue weighted by Crippen LogP contribution is 2.48. The number of para-hydroxylation sites is 6. The highest BCUT2D eigenvalue weighted by Gasteiger charge is 2.23. The molecule has 3 heterocycles. The van der Waals surface area contributed by atoms with Gasteiger partial charge in [-0.1, -0.05) is 206 Å². The maximum atomic E-state index is 2.49. The third-order valence-electron chi connectivity index (χ3n) is 17.4. The molecule has 0 saturated carbocycles. The molecule has 84 heavy (non-hydrogen) atoms. The molecule has 0 unspecified atom stereocenters. The summed E-state index contributed by atoms with van der Waals surface area (Å²) in [5, 5.41) is 12.1. The minimum atomic E-state index is 1.07. The Morgan fingerprint density at radius 2 is 0.524 bits per heavy atom. The first kappa shape index (κ1) is 47.6. The Morgan fingerprint density at radius 1 is 0.190 bits per heavy atom. The summed E-state index contributed by atoms with van der Waals surface area (Å²) in [5.41, 5.74) is 20.9. The van der Waals surface area contributed by atoms with Gasteiger partial charge in [-0.15, -0.1) is 0 Å². The molecule has 0 N–H and O–H groups in total. The van der Waals surface area contributed by atoms with E-state index < -0.39 is 0 Å². The zero-order valence-electron chi connectivity index (χ0n) is 45.8. The summed E-state index contributed by atoms with van der Waals surface area (Å²) in [4.78, 5) is 2.49. The smallest absolute Gasteiger partial charge is 0.0547 e. The second-order valence-corrected chi connectivity index (χ2v) is 22.0. The van der Waals surface area contributed by atoms with Crippen LogP contribution in [0, 0.1) is 0 Å². The van der Waals surface area contributed by atoms with E-state index in [9.17, 15) is 0 Å². The van der Waals surface area contributed by atoms with Crippen LogP contribution in [0.5, 0.6) is 0 Å². The van der Waals surface area contributed by atoms with Crippen molar-refractivity contribution >= 4 is 104 Å².